The lowest BCUT2D eigenvalue weighted by molar-refractivity contribution is 0.0979. The molecule has 0 saturated heterocycles. The molecule has 0 spiro atoms. The molecular formula is C21H13NO4. The Bertz CT molecular complexity index is 1060. The largest absolute Gasteiger partial charge is 0.464 e. The highest BCUT2D eigenvalue weighted by Crippen LogP contribution is 2.36. The summed E-state index contributed by atoms with van der Waals surface area (Å²) in [6.45, 7) is 0. The maximum Gasteiger partial charge on any atom is 0.416 e. The molecule has 3 aromatic carbocycles. The highest BCUT2D eigenvalue weighted by molar-refractivity contribution is 6.30. The summed E-state index contributed by atoms with van der Waals surface area (Å²) in [5.41, 5.74) is 1.52. The molecule has 1 aliphatic carbocycles. The smallest absolute Gasteiger partial charge is 0.416 e. The molecule has 1 amide bonds. The van der Waals surface area contributed by atoms with Crippen LogP contribution in [0.15, 0.2) is 72.8 Å². The molecule has 4 rings (SSSR count). The van der Waals surface area contributed by atoms with E-state index in [0.29, 0.717) is 11.3 Å². The van der Waals surface area contributed by atoms with Crippen LogP contribution < -0.4 is 4.90 Å². The van der Waals surface area contributed by atoms with Crippen LogP contribution in [0.2, 0.25) is 0 Å². The zero-order chi connectivity index (χ0) is 18.3. The lowest BCUT2D eigenvalue weighted by Crippen LogP contribution is -2.29. The van der Waals surface area contributed by atoms with E-state index in [1.54, 1.807) is 72.8 Å². The molecule has 5 heteroatoms. The van der Waals surface area contributed by atoms with Crippen molar-refractivity contribution in [2.45, 2.75) is 0 Å². The van der Waals surface area contributed by atoms with Crippen LogP contribution in [0.1, 0.15) is 31.8 Å². The molecule has 0 heterocycles. The normalized spacial score (nSPS) is 12.3. The van der Waals surface area contributed by atoms with E-state index in [9.17, 15) is 19.5 Å². The minimum atomic E-state index is -1.23. The number of fused-ring (bicyclic) bond motifs is 2. The van der Waals surface area contributed by atoms with Crippen LogP contribution in [0.4, 0.5) is 16.2 Å². The van der Waals surface area contributed by atoms with Crippen LogP contribution >= 0.6 is 0 Å². The van der Waals surface area contributed by atoms with E-state index in [0.717, 1.165) is 4.90 Å². The fourth-order valence-electron chi connectivity index (χ4n) is 3.24. The van der Waals surface area contributed by atoms with Crippen molar-refractivity contribution in [3.8, 4) is 0 Å². The van der Waals surface area contributed by atoms with Crippen molar-refractivity contribution in [2.75, 3.05) is 4.90 Å². The Morgan fingerprint density at radius 1 is 0.692 bits per heavy atom. The highest BCUT2D eigenvalue weighted by Gasteiger charge is 2.34. The Morgan fingerprint density at radius 3 is 1.92 bits per heavy atom. The molecule has 0 bridgehead atoms. The average molecular weight is 343 g/mol. The van der Waals surface area contributed by atoms with Crippen molar-refractivity contribution < 1.29 is 19.5 Å². The van der Waals surface area contributed by atoms with Gasteiger partial charge < -0.3 is 5.11 Å². The van der Waals surface area contributed by atoms with E-state index in [2.05, 4.69) is 0 Å². The van der Waals surface area contributed by atoms with E-state index in [4.69, 9.17) is 0 Å². The maximum absolute atomic E-state index is 13.1. The monoisotopic (exact) mass is 343 g/mol. The lowest BCUT2D eigenvalue weighted by atomic mass is 9.83. The molecule has 0 radical (unpaired) electrons. The minimum Gasteiger partial charge on any atom is -0.464 e. The van der Waals surface area contributed by atoms with Gasteiger partial charge in [-0.15, -0.1) is 0 Å². The fourth-order valence-corrected chi connectivity index (χ4v) is 3.24. The SMILES string of the molecule is O=C1c2ccccc2C(=O)c2c1cccc2N(C(=O)O)c1ccccc1. The predicted octanol–water partition coefficient (Wildman–Crippen LogP) is 4.28. The Balaban J connectivity index is 1.97. The van der Waals surface area contributed by atoms with Gasteiger partial charge in [0.05, 0.1) is 16.9 Å². The molecule has 0 fully saturated rings. The van der Waals surface area contributed by atoms with Gasteiger partial charge in [0.1, 0.15) is 0 Å². The van der Waals surface area contributed by atoms with Crippen molar-refractivity contribution in [3.63, 3.8) is 0 Å². The molecule has 0 unspecified atom stereocenters. The summed E-state index contributed by atoms with van der Waals surface area (Å²) in [4.78, 5) is 38.9. The second kappa shape index (κ2) is 5.97. The highest BCUT2D eigenvalue weighted by atomic mass is 16.4. The van der Waals surface area contributed by atoms with Gasteiger partial charge in [0.2, 0.25) is 0 Å². The van der Waals surface area contributed by atoms with Gasteiger partial charge in [-0.25, -0.2) is 9.69 Å². The molecule has 1 aliphatic rings. The summed E-state index contributed by atoms with van der Waals surface area (Å²) >= 11 is 0. The van der Waals surface area contributed by atoms with Gasteiger partial charge in [0.25, 0.3) is 0 Å². The Hall–Kier alpha value is -3.73. The predicted molar refractivity (Wildman–Crippen MR) is 96.4 cm³/mol. The Kier molecular flexibility index (Phi) is 3.62. The summed E-state index contributed by atoms with van der Waals surface area (Å²) in [6, 6.07) is 19.7. The van der Waals surface area contributed by atoms with Crippen LogP contribution in [0.25, 0.3) is 0 Å². The van der Waals surface area contributed by atoms with Crippen LogP contribution in [-0.2, 0) is 0 Å². The number of carbonyl (C=O) groups excluding carboxylic acids is 2. The molecule has 126 valence electrons. The third kappa shape index (κ3) is 2.29. The van der Waals surface area contributed by atoms with E-state index >= 15 is 0 Å². The first-order valence-electron chi connectivity index (χ1n) is 7.99. The number of carbonyl (C=O) groups is 3. The second-order valence-electron chi connectivity index (χ2n) is 5.86. The summed E-state index contributed by atoms with van der Waals surface area (Å²) in [6.07, 6.45) is -1.23. The summed E-state index contributed by atoms with van der Waals surface area (Å²) in [5, 5.41) is 9.76. The van der Waals surface area contributed by atoms with Crippen LogP contribution in [0, 0.1) is 0 Å². The molecule has 0 atom stereocenters. The van der Waals surface area contributed by atoms with Crippen molar-refractivity contribution in [1.29, 1.82) is 0 Å². The standard InChI is InChI=1S/C21H13NO4/c23-19-14-9-4-5-10-15(14)20(24)18-16(19)11-6-12-17(18)22(21(25)26)13-7-2-1-3-8-13/h1-12H,(H,25,26). The van der Waals surface area contributed by atoms with E-state index in [1.807, 2.05) is 0 Å². The van der Waals surface area contributed by atoms with Gasteiger partial charge in [-0.2, -0.15) is 0 Å². The molecule has 0 aliphatic heterocycles. The molecule has 5 nitrogen and oxygen atoms in total. The average Bonchev–Trinajstić information content (AvgIpc) is 2.67. The quantitative estimate of drug-likeness (QED) is 0.589. The second-order valence-corrected chi connectivity index (χ2v) is 5.86. The maximum atomic E-state index is 13.1. The number of nitrogens with zero attached hydrogens (tertiary/aromatic N) is 1. The van der Waals surface area contributed by atoms with Crippen molar-refractivity contribution >= 4 is 29.0 Å². The first kappa shape index (κ1) is 15.8. The number of hydrogen-bond acceptors (Lipinski definition) is 3. The van der Waals surface area contributed by atoms with Crippen LogP contribution in [0.5, 0.6) is 0 Å². The van der Waals surface area contributed by atoms with Gasteiger partial charge >= 0.3 is 6.09 Å². The number of hydrogen-bond donors (Lipinski definition) is 1. The summed E-state index contributed by atoms with van der Waals surface area (Å²) in [5.74, 6) is -0.636. The minimum absolute atomic E-state index is 0.113. The van der Waals surface area contributed by atoms with Gasteiger partial charge in [-0.1, -0.05) is 54.6 Å². The Morgan fingerprint density at radius 2 is 1.27 bits per heavy atom. The van der Waals surface area contributed by atoms with Gasteiger partial charge in [0.15, 0.2) is 11.6 Å². The van der Waals surface area contributed by atoms with Crippen LogP contribution in [-0.4, -0.2) is 22.8 Å². The van der Waals surface area contributed by atoms with Gasteiger partial charge in [-0.3, -0.25) is 9.59 Å². The molecule has 3 aromatic rings. The molecular weight excluding hydrogens is 330 g/mol. The van der Waals surface area contributed by atoms with E-state index < -0.39 is 6.09 Å². The number of ketones is 2. The van der Waals surface area contributed by atoms with Crippen LogP contribution in [0.3, 0.4) is 0 Å². The molecule has 0 aromatic heterocycles. The molecule has 0 saturated carbocycles. The third-order valence-electron chi connectivity index (χ3n) is 4.38. The number of rotatable bonds is 2. The lowest BCUT2D eigenvalue weighted by Gasteiger charge is -2.25. The zero-order valence-corrected chi connectivity index (χ0v) is 13.5. The van der Waals surface area contributed by atoms with E-state index in [-0.39, 0.29) is 33.9 Å². The number of para-hydroxylation sites is 1. The van der Waals surface area contributed by atoms with E-state index in [1.165, 1.54) is 0 Å². The van der Waals surface area contributed by atoms with Crippen molar-refractivity contribution in [1.82, 2.24) is 0 Å². The molecule has 26 heavy (non-hydrogen) atoms. The summed E-state index contributed by atoms with van der Waals surface area (Å²) in [7, 11) is 0. The first-order valence-corrected chi connectivity index (χ1v) is 7.99. The van der Waals surface area contributed by atoms with Gasteiger partial charge in [-0.05, 0) is 18.2 Å². The topological polar surface area (TPSA) is 74.7 Å². The number of anilines is 2. The summed E-state index contributed by atoms with van der Waals surface area (Å²) < 4.78 is 0. The first-order chi connectivity index (χ1) is 12.6. The zero-order valence-electron chi connectivity index (χ0n) is 13.5. The third-order valence-corrected chi connectivity index (χ3v) is 4.38. The number of benzene rings is 3. The molecule has 1 N–H and O–H groups in total. The Labute approximate surface area is 149 Å². The fraction of sp³-hybridized carbons (Fsp3) is 0. The van der Waals surface area contributed by atoms with Gasteiger partial charge in [0, 0.05) is 16.7 Å². The number of carboxylic acid groups (broad SMARTS) is 1. The number of amides is 1. The van der Waals surface area contributed by atoms with Crippen molar-refractivity contribution in [2.24, 2.45) is 0 Å². The van der Waals surface area contributed by atoms with Crippen molar-refractivity contribution in [3.05, 3.63) is 95.1 Å².